The smallest absolute Gasteiger partial charge is 0.417 e. The van der Waals surface area contributed by atoms with E-state index in [1.807, 2.05) is 25.1 Å². The number of likely N-dealkylation sites (tertiary alicyclic amines) is 1. The molecule has 0 saturated carbocycles. The number of pyridine rings is 2. The maximum absolute atomic E-state index is 13.3. The van der Waals surface area contributed by atoms with Gasteiger partial charge in [0.1, 0.15) is 17.8 Å². The molecule has 1 saturated heterocycles. The van der Waals surface area contributed by atoms with Crippen LogP contribution in [0.3, 0.4) is 0 Å². The molecule has 2 atom stereocenters. The van der Waals surface area contributed by atoms with E-state index in [1.165, 1.54) is 12.4 Å². The number of nitrogens with one attached hydrogen (secondary N) is 2. The summed E-state index contributed by atoms with van der Waals surface area (Å²) in [5.74, 6) is 0.773. The molecular formula is C25H22F3IN8O. The standard InChI is InChI=1S/C25H22F3IN8O/c1-14(15-2-3-21(31-8-15)38-18-4-5-37(12-18)13-29)35-24-34-9-16(7-30)22(36-24)20-11-33-23-19(20)6-17(10-32-23)25(26,27)28/h2-3,6,8-11,14,18H,4-5,12-13H2,1H3,(H,32,33)(H,34,35,36)/t14-,18?/m0/s1. The van der Waals surface area contributed by atoms with E-state index < -0.39 is 11.7 Å². The van der Waals surface area contributed by atoms with Gasteiger partial charge in [0.25, 0.3) is 0 Å². The highest BCUT2D eigenvalue weighted by molar-refractivity contribution is 14.1. The fourth-order valence-electron chi connectivity index (χ4n) is 4.26. The summed E-state index contributed by atoms with van der Waals surface area (Å²) in [6, 6.07) is 6.48. The van der Waals surface area contributed by atoms with E-state index in [-0.39, 0.29) is 40.4 Å². The lowest BCUT2D eigenvalue weighted by atomic mass is 10.1. The molecule has 1 fully saturated rings. The molecule has 0 aromatic carbocycles. The van der Waals surface area contributed by atoms with E-state index in [1.54, 1.807) is 6.20 Å². The molecule has 0 bridgehead atoms. The van der Waals surface area contributed by atoms with Crippen molar-refractivity contribution in [2.45, 2.75) is 31.7 Å². The van der Waals surface area contributed by atoms with Crippen molar-refractivity contribution in [2.75, 3.05) is 23.0 Å². The zero-order valence-corrected chi connectivity index (χ0v) is 22.3. The first-order valence-corrected chi connectivity index (χ1v) is 13.3. The third-order valence-corrected chi connectivity index (χ3v) is 7.28. The SMILES string of the molecule is C[C@H](Nc1ncc(C#N)c(-c2c[nH]c3ncc(C(F)(F)F)cc23)n1)c1ccc(OC2CCN(CI)C2)nc1. The van der Waals surface area contributed by atoms with Crippen LogP contribution in [0.25, 0.3) is 22.3 Å². The van der Waals surface area contributed by atoms with Crippen LogP contribution in [0, 0.1) is 11.3 Å². The first-order chi connectivity index (χ1) is 18.2. The molecule has 38 heavy (non-hydrogen) atoms. The van der Waals surface area contributed by atoms with Gasteiger partial charge in [-0.2, -0.15) is 18.4 Å². The van der Waals surface area contributed by atoms with Gasteiger partial charge in [0.2, 0.25) is 11.8 Å². The Hall–Kier alpha value is -3.51. The Labute approximate surface area is 229 Å². The number of aromatic nitrogens is 5. The highest BCUT2D eigenvalue weighted by Gasteiger charge is 2.32. The van der Waals surface area contributed by atoms with Crippen LogP contribution in [-0.4, -0.2) is 53.6 Å². The second-order valence-electron chi connectivity index (χ2n) is 8.91. The summed E-state index contributed by atoms with van der Waals surface area (Å²) in [5.41, 5.74) is 0.871. The number of fused-ring (bicyclic) bond motifs is 1. The van der Waals surface area contributed by atoms with Crippen molar-refractivity contribution in [1.82, 2.24) is 29.8 Å². The molecule has 9 nitrogen and oxygen atoms in total. The van der Waals surface area contributed by atoms with Crippen LogP contribution in [0.1, 0.15) is 36.1 Å². The van der Waals surface area contributed by atoms with Crippen LogP contribution in [0.4, 0.5) is 19.1 Å². The summed E-state index contributed by atoms with van der Waals surface area (Å²) in [6.07, 6.45) is 1.84. The minimum Gasteiger partial charge on any atom is -0.473 e. The zero-order chi connectivity index (χ0) is 26.9. The van der Waals surface area contributed by atoms with Crippen molar-refractivity contribution in [3.8, 4) is 23.2 Å². The first kappa shape index (κ1) is 26.1. The van der Waals surface area contributed by atoms with Gasteiger partial charge in [0.15, 0.2) is 0 Å². The van der Waals surface area contributed by atoms with Gasteiger partial charge < -0.3 is 15.0 Å². The number of nitrogens with zero attached hydrogens (tertiary/aromatic N) is 6. The number of rotatable bonds is 7. The number of alkyl halides is 4. The molecule has 5 rings (SSSR count). The maximum Gasteiger partial charge on any atom is 0.417 e. The Morgan fingerprint density at radius 3 is 2.79 bits per heavy atom. The van der Waals surface area contributed by atoms with Crippen LogP contribution in [0.5, 0.6) is 5.88 Å². The number of hydrogen-bond acceptors (Lipinski definition) is 8. The molecular weight excluding hydrogens is 612 g/mol. The van der Waals surface area contributed by atoms with Crippen LogP contribution in [-0.2, 0) is 6.18 Å². The van der Waals surface area contributed by atoms with Crippen molar-refractivity contribution in [3.05, 3.63) is 59.7 Å². The second kappa shape index (κ2) is 10.7. The van der Waals surface area contributed by atoms with Crippen molar-refractivity contribution in [2.24, 2.45) is 0 Å². The number of nitriles is 1. The fraction of sp³-hybridized carbons (Fsp3) is 0.320. The van der Waals surface area contributed by atoms with Crippen LogP contribution in [0.15, 0.2) is 43.0 Å². The number of aromatic amines is 1. The van der Waals surface area contributed by atoms with E-state index in [9.17, 15) is 18.4 Å². The fourth-order valence-corrected chi connectivity index (χ4v) is 4.88. The first-order valence-electron chi connectivity index (χ1n) is 11.7. The molecule has 1 aliphatic rings. The van der Waals surface area contributed by atoms with Crippen LogP contribution < -0.4 is 10.1 Å². The lowest BCUT2D eigenvalue weighted by Gasteiger charge is -2.17. The molecule has 0 radical (unpaired) electrons. The van der Waals surface area contributed by atoms with Gasteiger partial charge in [-0.15, -0.1) is 0 Å². The Balaban J connectivity index is 1.35. The third-order valence-electron chi connectivity index (χ3n) is 6.31. The van der Waals surface area contributed by atoms with E-state index >= 15 is 0 Å². The highest BCUT2D eigenvalue weighted by atomic mass is 127. The number of anilines is 1. The van der Waals surface area contributed by atoms with Gasteiger partial charge in [0.05, 0.1) is 33.6 Å². The lowest BCUT2D eigenvalue weighted by molar-refractivity contribution is -0.137. The topological polar surface area (TPSA) is 116 Å². The summed E-state index contributed by atoms with van der Waals surface area (Å²) in [6.45, 7) is 3.80. The van der Waals surface area contributed by atoms with Gasteiger partial charge in [0, 0.05) is 48.7 Å². The average Bonchev–Trinajstić information content (AvgIpc) is 3.55. The monoisotopic (exact) mass is 634 g/mol. The molecule has 0 aliphatic carbocycles. The van der Waals surface area contributed by atoms with Crippen molar-refractivity contribution in [3.63, 3.8) is 0 Å². The van der Waals surface area contributed by atoms with Crippen molar-refractivity contribution in [1.29, 1.82) is 5.26 Å². The molecule has 196 valence electrons. The Bertz CT molecular complexity index is 1480. The van der Waals surface area contributed by atoms with Gasteiger partial charge in [-0.3, -0.25) is 4.90 Å². The number of ether oxygens (including phenoxy) is 1. The third kappa shape index (κ3) is 5.51. The molecule has 0 spiro atoms. The quantitative estimate of drug-likeness (QED) is 0.160. The summed E-state index contributed by atoms with van der Waals surface area (Å²) < 4.78 is 46.8. The van der Waals surface area contributed by atoms with E-state index in [4.69, 9.17) is 4.74 Å². The highest BCUT2D eigenvalue weighted by Crippen LogP contribution is 2.35. The lowest BCUT2D eigenvalue weighted by Crippen LogP contribution is -2.23. The minimum absolute atomic E-state index is 0.121. The molecule has 4 aromatic rings. The molecule has 2 N–H and O–H groups in total. The zero-order valence-electron chi connectivity index (χ0n) is 20.1. The number of halogens is 4. The molecule has 4 aromatic heterocycles. The van der Waals surface area contributed by atoms with Gasteiger partial charge >= 0.3 is 6.18 Å². The minimum atomic E-state index is -4.55. The molecule has 5 heterocycles. The predicted molar refractivity (Wildman–Crippen MR) is 143 cm³/mol. The Kier molecular flexibility index (Phi) is 7.35. The van der Waals surface area contributed by atoms with Gasteiger partial charge in [-0.1, -0.05) is 28.7 Å². The second-order valence-corrected chi connectivity index (χ2v) is 9.59. The summed E-state index contributed by atoms with van der Waals surface area (Å²) >= 11 is 2.34. The largest absolute Gasteiger partial charge is 0.473 e. The van der Waals surface area contributed by atoms with Gasteiger partial charge in [-0.25, -0.2) is 19.9 Å². The van der Waals surface area contributed by atoms with E-state index in [0.717, 1.165) is 41.9 Å². The molecule has 0 amide bonds. The van der Waals surface area contributed by atoms with Crippen molar-refractivity contribution < 1.29 is 17.9 Å². The summed E-state index contributed by atoms with van der Waals surface area (Å²) in [7, 11) is 0. The van der Waals surface area contributed by atoms with E-state index in [2.05, 4.69) is 57.7 Å². The summed E-state index contributed by atoms with van der Waals surface area (Å²) in [5, 5.41) is 13.0. The number of H-pyrrole nitrogens is 1. The number of hydrogen-bond donors (Lipinski definition) is 2. The summed E-state index contributed by atoms with van der Waals surface area (Å²) in [4.78, 5) is 22.2. The van der Waals surface area contributed by atoms with Gasteiger partial charge in [-0.05, 0) is 25.0 Å². The molecule has 1 aliphatic heterocycles. The van der Waals surface area contributed by atoms with Crippen LogP contribution >= 0.6 is 22.6 Å². The van der Waals surface area contributed by atoms with Crippen molar-refractivity contribution >= 4 is 39.6 Å². The normalized spacial score (nSPS) is 16.9. The molecule has 13 heteroatoms. The average molecular weight is 634 g/mol. The Morgan fingerprint density at radius 1 is 1.26 bits per heavy atom. The van der Waals surface area contributed by atoms with Crippen LogP contribution in [0.2, 0.25) is 0 Å². The van der Waals surface area contributed by atoms with E-state index in [0.29, 0.717) is 11.4 Å². The molecule has 1 unspecified atom stereocenters. The maximum atomic E-state index is 13.3. The Morgan fingerprint density at radius 2 is 2.11 bits per heavy atom. The predicted octanol–water partition coefficient (Wildman–Crippen LogP) is 5.32.